The Morgan fingerprint density at radius 1 is 1.08 bits per heavy atom. The van der Waals surface area contributed by atoms with E-state index in [-0.39, 0.29) is 42.0 Å². The summed E-state index contributed by atoms with van der Waals surface area (Å²) in [5, 5.41) is 9.27. The maximum Gasteiger partial charge on any atom is 0.410 e. The van der Waals surface area contributed by atoms with E-state index in [1.54, 1.807) is 11.9 Å². The summed E-state index contributed by atoms with van der Waals surface area (Å²) < 4.78 is 5.32. The molecule has 3 N–H and O–H groups in total. The predicted molar refractivity (Wildman–Crippen MR) is 114 cm³/mol. The van der Waals surface area contributed by atoms with Crippen LogP contribution in [0.3, 0.4) is 0 Å². The molecular weight excluding hydrogens is 449 g/mol. The lowest BCUT2D eigenvalue weighted by Gasteiger charge is -2.40. The molecule has 1 saturated heterocycles. The summed E-state index contributed by atoms with van der Waals surface area (Å²) >= 11 is 0. The molecule has 0 atom stereocenters. The first-order chi connectivity index (χ1) is 11.4. The van der Waals surface area contributed by atoms with Gasteiger partial charge in [0.25, 0.3) is 0 Å². The number of nitrogens with one attached hydrogen (secondary N) is 3. The van der Waals surface area contributed by atoms with Crippen molar-refractivity contribution in [1.29, 1.82) is 0 Å². The number of aliphatic imine (C=N–C) groups is 1. The van der Waals surface area contributed by atoms with E-state index in [1.165, 1.54) is 0 Å². The van der Waals surface area contributed by atoms with Gasteiger partial charge in [0.2, 0.25) is 5.91 Å². The highest BCUT2D eigenvalue weighted by atomic mass is 127. The van der Waals surface area contributed by atoms with Gasteiger partial charge in [-0.2, -0.15) is 0 Å². The molecule has 0 saturated carbocycles. The Morgan fingerprint density at radius 3 is 2.08 bits per heavy atom. The van der Waals surface area contributed by atoms with Crippen LogP contribution in [0.15, 0.2) is 4.99 Å². The molecule has 0 aliphatic carbocycles. The average molecular weight is 483 g/mol. The zero-order valence-corrected chi connectivity index (χ0v) is 19.3. The van der Waals surface area contributed by atoms with Crippen molar-refractivity contribution in [1.82, 2.24) is 20.9 Å². The van der Waals surface area contributed by atoms with Crippen molar-refractivity contribution in [3.05, 3.63) is 0 Å². The maximum absolute atomic E-state index is 11.9. The first-order valence-corrected chi connectivity index (χ1v) is 8.66. The van der Waals surface area contributed by atoms with Crippen molar-refractivity contribution in [2.45, 2.75) is 53.2 Å². The standard InChI is InChI=1S/C17H33N5O3.HI/c1-16(2,3)13(23)19-8-9-20-14(18-7)21-12-10-22(11-12)15(24)25-17(4,5)6;/h12H,8-11H2,1-7H3,(H,19,23)(H2,18,20,21);1H. The number of rotatable bonds is 4. The summed E-state index contributed by atoms with van der Waals surface area (Å²) in [6.07, 6.45) is -0.293. The minimum Gasteiger partial charge on any atom is -0.444 e. The molecule has 0 radical (unpaired) electrons. The third-order valence-electron chi connectivity index (χ3n) is 3.48. The van der Waals surface area contributed by atoms with Gasteiger partial charge in [0.1, 0.15) is 5.60 Å². The van der Waals surface area contributed by atoms with Crippen molar-refractivity contribution < 1.29 is 14.3 Å². The molecule has 26 heavy (non-hydrogen) atoms. The minimum atomic E-state index is -0.481. The summed E-state index contributed by atoms with van der Waals surface area (Å²) in [6.45, 7) is 13.4. The zero-order valence-electron chi connectivity index (χ0n) is 16.9. The lowest BCUT2D eigenvalue weighted by Crippen LogP contribution is -2.63. The average Bonchev–Trinajstić information content (AvgIpc) is 2.40. The second kappa shape index (κ2) is 10.2. The number of ether oxygens (including phenoxy) is 1. The number of carbonyl (C=O) groups excluding carboxylic acids is 2. The summed E-state index contributed by atoms with van der Waals surface area (Å²) in [4.78, 5) is 29.5. The monoisotopic (exact) mass is 483 g/mol. The highest BCUT2D eigenvalue weighted by Crippen LogP contribution is 2.15. The number of amides is 2. The van der Waals surface area contributed by atoms with Crippen LogP contribution in [0.2, 0.25) is 0 Å². The summed E-state index contributed by atoms with van der Waals surface area (Å²) in [5.74, 6) is 0.670. The molecule has 9 heteroatoms. The minimum absolute atomic E-state index is 0. The number of hydrogen-bond acceptors (Lipinski definition) is 4. The number of nitrogens with zero attached hydrogens (tertiary/aromatic N) is 2. The van der Waals surface area contributed by atoms with Gasteiger partial charge < -0.3 is 25.6 Å². The van der Waals surface area contributed by atoms with Gasteiger partial charge in [0, 0.05) is 38.6 Å². The highest BCUT2D eigenvalue weighted by molar-refractivity contribution is 14.0. The fourth-order valence-electron chi connectivity index (χ4n) is 2.06. The molecule has 0 aromatic rings. The van der Waals surface area contributed by atoms with Crippen molar-refractivity contribution in [2.24, 2.45) is 10.4 Å². The van der Waals surface area contributed by atoms with E-state index in [1.807, 2.05) is 41.5 Å². The fourth-order valence-corrected chi connectivity index (χ4v) is 2.06. The molecule has 0 bridgehead atoms. The molecule has 1 aliphatic rings. The Kier molecular flexibility index (Phi) is 9.68. The second-order valence-electron chi connectivity index (χ2n) is 8.23. The van der Waals surface area contributed by atoms with E-state index in [0.29, 0.717) is 32.1 Å². The summed E-state index contributed by atoms with van der Waals surface area (Å²) in [7, 11) is 1.69. The Balaban J connectivity index is 0.00000625. The molecule has 1 rings (SSSR count). The van der Waals surface area contributed by atoms with Crippen LogP contribution in [0, 0.1) is 5.41 Å². The number of likely N-dealkylation sites (tertiary alicyclic amines) is 1. The molecule has 0 spiro atoms. The van der Waals surface area contributed by atoms with Gasteiger partial charge in [-0.1, -0.05) is 20.8 Å². The predicted octanol–water partition coefficient (Wildman–Crippen LogP) is 1.55. The van der Waals surface area contributed by atoms with Gasteiger partial charge >= 0.3 is 6.09 Å². The van der Waals surface area contributed by atoms with Gasteiger partial charge in [-0.3, -0.25) is 9.79 Å². The molecule has 152 valence electrons. The molecule has 0 unspecified atom stereocenters. The van der Waals surface area contributed by atoms with E-state index in [9.17, 15) is 9.59 Å². The fraction of sp³-hybridized carbons (Fsp3) is 0.824. The van der Waals surface area contributed by atoms with Crippen molar-refractivity contribution >= 4 is 41.9 Å². The van der Waals surface area contributed by atoms with E-state index < -0.39 is 11.0 Å². The Morgan fingerprint density at radius 2 is 1.62 bits per heavy atom. The van der Waals surface area contributed by atoms with Crippen LogP contribution in [0.25, 0.3) is 0 Å². The Labute approximate surface area is 173 Å². The molecule has 1 heterocycles. The summed E-state index contributed by atoms with van der Waals surface area (Å²) in [6, 6.07) is 0.142. The molecule has 1 fully saturated rings. The molecular formula is C17H34IN5O3. The maximum atomic E-state index is 11.9. The van der Waals surface area contributed by atoms with Gasteiger partial charge in [0.15, 0.2) is 5.96 Å². The lowest BCUT2D eigenvalue weighted by molar-refractivity contribution is -0.128. The SMILES string of the molecule is CN=C(NCCNC(=O)C(C)(C)C)NC1CN(C(=O)OC(C)(C)C)C1.I. The van der Waals surface area contributed by atoms with E-state index in [2.05, 4.69) is 20.9 Å². The van der Waals surface area contributed by atoms with Gasteiger partial charge in [0.05, 0.1) is 6.04 Å². The van der Waals surface area contributed by atoms with Crippen LogP contribution < -0.4 is 16.0 Å². The normalized spacial score (nSPS) is 15.5. The van der Waals surface area contributed by atoms with Crippen LogP contribution in [0.5, 0.6) is 0 Å². The van der Waals surface area contributed by atoms with E-state index in [0.717, 1.165) is 0 Å². The van der Waals surface area contributed by atoms with Crippen LogP contribution >= 0.6 is 24.0 Å². The van der Waals surface area contributed by atoms with Gasteiger partial charge in [-0.25, -0.2) is 4.79 Å². The highest BCUT2D eigenvalue weighted by Gasteiger charge is 2.34. The Bertz CT molecular complexity index is 506. The third kappa shape index (κ3) is 8.91. The first kappa shape index (κ1) is 24.7. The zero-order chi connectivity index (χ0) is 19.3. The molecule has 2 amide bonds. The molecule has 8 nitrogen and oxygen atoms in total. The topological polar surface area (TPSA) is 95.1 Å². The third-order valence-corrected chi connectivity index (χ3v) is 3.48. The van der Waals surface area contributed by atoms with Crippen molar-refractivity contribution in [3.63, 3.8) is 0 Å². The molecule has 0 aromatic carbocycles. The number of carbonyl (C=O) groups is 2. The second-order valence-corrected chi connectivity index (χ2v) is 8.23. The van der Waals surface area contributed by atoms with E-state index in [4.69, 9.17) is 4.74 Å². The van der Waals surface area contributed by atoms with Gasteiger partial charge in [-0.15, -0.1) is 24.0 Å². The van der Waals surface area contributed by atoms with Crippen molar-refractivity contribution in [2.75, 3.05) is 33.2 Å². The number of guanidine groups is 1. The van der Waals surface area contributed by atoms with Crippen LogP contribution in [0.1, 0.15) is 41.5 Å². The number of halogens is 1. The summed E-state index contributed by atoms with van der Waals surface area (Å²) in [5.41, 5.74) is -0.873. The van der Waals surface area contributed by atoms with Gasteiger partial charge in [-0.05, 0) is 20.8 Å². The molecule has 0 aromatic heterocycles. The van der Waals surface area contributed by atoms with E-state index >= 15 is 0 Å². The quantitative estimate of drug-likeness (QED) is 0.244. The van der Waals surface area contributed by atoms with Crippen LogP contribution in [-0.4, -0.2) is 67.7 Å². The number of hydrogen-bond donors (Lipinski definition) is 3. The van der Waals surface area contributed by atoms with Crippen LogP contribution in [0.4, 0.5) is 4.79 Å². The Hall–Kier alpha value is -1.26. The largest absolute Gasteiger partial charge is 0.444 e. The van der Waals surface area contributed by atoms with Crippen molar-refractivity contribution in [3.8, 4) is 0 Å². The molecule has 1 aliphatic heterocycles. The lowest BCUT2D eigenvalue weighted by atomic mass is 9.96. The smallest absolute Gasteiger partial charge is 0.410 e. The first-order valence-electron chi connectivity index (χ1n) is 8.66. The van der Waals surface area contributed by atoms with Crippen LogP contribution in [-0.2, 0) is 9.53 Å².